The third-order valence-corrected chi connectivity index (χ3v) is 6.31. The smallest absolute Gasteiger partial charge is 0.0384 e. The Labute approximate surface area is 183 Å². The van der Waals surface area contributed by atoms with Gasteiger partial charge in [0, 0.05) is 17.3 Å². The van der Waals surface area contributed by atoms with Crippen molar-refractivity contribution < 1.29 is 0 Å². The van der Waals surface area contributed by atoms with Crippen molar-refractivity contribution in [3.05, 3.63) is 95.6 Å². The molecule has 0 saturated heterocycles. The Balaban J connectivity index is 1.64. The lowest BCUT2D eigenvalue weighted by Gasteiger charge is -2.29. The third-order valence-electron chi connectivity index (χ3n) is 6.31. The Morgan fingerprint density at radius 3 is 1.83 bits per heavy atom. The summed E-state index contributed by atoms with van der Waals surface area (Å²) < 4.78 is 0. The van der Waals surface area contributed by atoms with E-state index in [-0.39, 0.29) is 5.41 Å². The van der Waals surface area contributed by atoms with Crippen molar-refractivity contribution in [1.82, 2.24) is 0 Å². The second kappa shape index (κ2) is 9.98. The van der Waals surface area contributed by atoms with Crippen LogP contribution in [0.5, 0.6) is 0 Å². The van der Waals surface area contributed by atoms with E-state index in [0.717, 1.165) is 17.3 Å². The Bertz CT molecular complexity index is 891. The number of nitrogens with one attached hydrogen (secondary N) is 1. The van der Waals surface area contributed by atoms with Crippen molar-refractivity contribution in [2.75, 3.05) is 5.32 Å². The number of anilines is 2. The van der Waals surface area contributed by atoms with Crippen LogP contribution in [0.3, 0.4) is 0 Å². The summed E-state index contributed by atoms with van der Waals surface area (Å²) in [6, 6.07) is 28.5. The molecule has 3 aromatic carbocycles. The average molecular weight is 400 g/mol. The van der Waals surface area contributed by atoms with E-state index in [9.17, 15) is 0 Å². The van der Waals surface area contributed by atoms with Crippen molar-refractivity contribution in [2.45, 2.75) is 65.2 Å². The van der Waals surface area contributed by atoms with Gasteiger partial charge in [0.1, 0.15) is 0 Å². The minimum atomic E-state index is 0.211. The fourth-order valence-electron chi connectivity index (χ4n) is 4.54. The van der Waals surface area contributed by atoms with E-state index in [1.807, 2.05) is 0 Å². The topological polar surface area (TPSA) is 12.0 Å². The Morgan fingerprint density at radius 2 is 1.27 bits per heavy atom. The second-order valence-corrected chi connectivity index (χ2v) is 9.44. The zero-order valence-corrected chi connectivity index (χ0v) is 19.3. The minimum Gasteiger partial charge on any atom is -0.356 e. The van der Waals surface area contributed by atoms with E-state index < -0.39 is 0 Å². The van der Waals surface area contributed by atoms with E-state index >= 15 is 0 Å². The van der Waals surface area contributed by atoms with Crippen LogP contribution in [-0.4, -0.2) is 0 Å². The Morgan fingerprint density at radius 1 is 0.733 bits per heavy atom. The molecule has 1 nitrogen and oxygen atoms in total. The van der Waals surface area contributed by atoms with Gasteiger partial charge in [0.05, 0.1) is 0 Å². The molecule has 158 valence electrons. The summed E-state index contributed by atoms with van der Waals surface area (Å²) in [4.78, 5) is 0. The molecule has 0 bridgehead atoms. The normalized spacial score (nSPS) is 13.6. The predicted molar refractivity (Wildman–Crippen MR) is 132 cm³/mol. The first-order valence-corrected chi connectivity index (χ1v) is 11.4. The molecule has 0 saturated carbocycles. The van der Waals surface area contributed by atoms with Gasteiger partial charge in [0.15, 0.2) is 0 Å². The first-order valence-electron chi connectivity index (χ1n) is 11.4. The van der Waals surface area contributed by atoms with Crippen molar-refractivity contribution in [3.63, 3.8) is 0 Å². The van der Waals surface area contributed by atoms with Crippen molar-refractivity contribution in [1.29, 1.82) is 0 Å². The molecule has 0 radical (unpaired) electrons. The van der Waals surface area contributed by atoms with Gasteiger partial charge in [-0.15, -0.1) is 0 Å². The largest absolute Gasteiger partial charge is 0.356 e. The summed E-state index contributed by atoms with van der Waals surface area (Å²) in [5.41, 5.74) is 6.59. The van der Waals surface area contributed by atoms with Crippen LogP contribution in [0.25, 0.3) is 0 Å². The predicted octanol–water partition coefficient (Wildman–Crippen LogP) is 8.69. The highest BCUT2D eigenvalue weighted by atomic mass is 14.9. The maximum Gasteiger partial charge on any atom is 0.0384 e. The van der Waals surface area contributed by atoms with E-state index in [1.165, 1.54) is 36.0 Å². The third kappa shape index (κ3) is 5.75. The van der Waals surface area contributed by atoms with Gasteiger partial charge in [-0.25, -0.2) is 0 Å². The fourth-order valence-corrected chi connectivity index (χ4v) is 4.54. The first kappa shape index (κ1) is 22.2. The number of hydrogen-bond donors (Lipinski definition) is 1. The van der Waals surface area contributed by atoms with Gasteiger partial charge >= 0.3 is 0 Å². The van der Waals surface area contributed by atoms with E-state index in [0.29, 0.717) is 5.92 Å². The van der Waals surface area contributed by atoms with Gasteiger partial charge in [-0.2, -0.15) is 0 Å². The summed E-state index contributed by atoms with van der Waals surface area (Å²) in [7, 11) is 0. The van der Waals surface area contributed by atoms with Crippen LogP contribution in [0.2, 0.25) is 0 Å². The number of hydrogen-bond acceptors (Lipinski definition) is 1. The minimum absolute atomic E-state index is 0.211. The molecule has 0 heterocycles. The van der Waals surface area contributed by atoms with Crippen molar-refractivity contribution >= 4 is 11.4 Å². The van der Waals surface area contributed by atoms with E-state index in [1.54, 1.807) is 0 Å². The molecule has 0 aliphatic carbocycles. The molecule has 0 spiro atoms. The van der Waals surface area contributed by atoms with E-state index in [2.05, 4.69) is 119 Å². The summed E-state index contributed by atoms with van der Waals surface area (Å²) in [6.07, 6.45) is 3.81. The maximum atomic E-state index is 3.55. The summed E-state index contributed by atoms with van der Waals surface area (Å²) in [5, 5.41) is 3.55. The molecule has 2 atom stereocenters. The summed E-state index contributed by atoms with van der Waals surface area (Å²) in [6.45, 7) is 11.7. The lowest BCUT2D eigenvalue weighted by Crippen LogP contribution is -2.20. The number of benzene rings is 3. The van der Waals surface area contributed by atoms with Crippen LogP contribution in [0.1, 0.15) is 76.5 Å². The molecule has 1 N–H and O–H groups in total. The Hall–Kier alpha value is -2.54. The monoisotopic (exact) mass is 399 g/mol. The van der Waals surface area contributed by atoms with Crippen LogP contribution >= 0.6 is 0 Å². The molecule has 2 unspecified atom stereocenters. The molecular formula is C29H37N. The SMILES string of the molecule is CCCC(C)CC(C)(C)c1ccc(Nc2ccc(C(C)c3ccccc3)cc2)cc1. The van der Waals surface area contributed by atoms with Crippen LogP contribution < -0.4 is 5.32 Å². The second-order valence-electron chi connectivity index (χ2n) is 9.44. The highest BCUT2D eigenvalue weighted by Crippen LogP contribution is 2.33. The fraction of sp³-hybridized carbons (Fsp3) is 0.379. The van der Waals surface area contributed by atoms with Crippen LogP contribution in [-0.2, 0) is 5.41 Å². The van der Waals surface area contributed by atoms with Gasteiger partial charge in [0.2, 0.25) is 0 Å². The van der Waals surface area contributed by atoms with Gasteiger partial charge in [0.25, 0.3) is 0 Å². The molecule has 30 heavy (non-hydrogen) atoms. The van der Waals surface area contributed by atoms with Crippen LogP contribution in [0, 0.1) is 5.92 Å². The van der Waals surface area contributed by atoms with Gasteiger partial charge in [-0.05, 0) is 58.7 Å². The van der Waals surface area contributed by atoms with E-state index in [4.69, 9.17) is 0 Å². The first-order chi connectivity index (χ1) is 14.4. The van der Waals surface area contributed by atoms with Gasteiger partial charge < -0.3 is 5.32 Å². The van der Waals surface area contributed by atoms with Crippen molar-refractivity contribution in [2.24, 2.45) is 5.92 Å². The molecule has 1 heteroatoms. The Kier molecular flexibility index (Phi) is 7.37. The van der Waals surface area contributed by atoms with Gasteiger partial charge in [-0.3, -0.25) is 0 Å². The molecule has 0 aliphatic heterocycles. The maximum absolute atomic E-state index is 3.55. The molecule has 3 aromatic rings. The average Bonchev–Trinajstić information content (AvgIpc) is 2.74. The molecule has 0 aliphatic rings. The zero-order chi connectivity index (χ0) is 21.6. The van der Waals surface area contributed by atoms with Crippen molar-refractivity contribution in [3.8, 4) is 0 Å². The molecule has 3 rings (SSSR count). The molecule has 0 aromatic heterocycles. The highest BCUT2D eigenvalue weighted by molar-refractivity contribution is 5.60. The molecule has 0 amide bonds. The van der Waals surface area contributed by atoms with Gasteiger partial charge in [-0.1, -0.05) is 102 Å². The summed E-state index contributed by atoms with van der Waals surface area (Å²) >= 11 is 0. The number of rotatable bonds is 9. The summed E-state index contributed by atoms with van der Waals surface area (Å²) in [5.74, 6) is 1.16. The lowest BCUT2D eigenvalue weighted by molar-refractivity contribution is 0.361. The molecule has 0 fully saturated rings. The lowest BCUT2D eigenvalue weighted by atomic mass is 9.76. The zero-order valence-electron chi connectivity index (χ0n) is 19.3. The quantitative estimate of drug-likeness (QED) is 0.379. The van der Waals surface area contributed by atoms with Crippen LogP contribution in [0.15, 0.2) is 78.9 Å². The molecular weight excluding hydrogens is 362 g/mol. The highest BCUT2D eigenvalue weighted by Gasteiger charge is 2.23. The van der Waals surface area contributed by atoms with Crippen LogP contribution in [0.4, 0.5) is 11.4 Å². The standard InChI is InChI=1S/C29H37N/c1-6-10-22(2)21-29(4,5)26-15-19-28(20-16-26)30-27-17-13-25(14-18-27)23(3)24-11-8-7-9-12-24/h7-9,11-20,22-23,30H,6,10,21H2,1-5H3.